The smallest absolute Gasteiger partial charge is 0.259 e. The van der Waals surface area contributed by atoms with Gasteiger partial charge in [-0.3, -0.25) is 9.59 Å². The van der Waals surface area contributed by atoms with Crippen LogP contribution in [-0.4, -0.2) is 34.2 Å². The van der Waals surface area contributed by atoms with Crippen LogP contribution in [0.2, 0.25) is 0 Å². The molecule has 4 rings (SSSR count). The fraction of sp³-hybridized carbons (Fsp3) is 0.611. The van der Waals surface area contributed by atoms with E-state index in [1.165, 1.54) is 23.3 Å². The highest BCUT2D eigenvalue weighted by Gasteiger charge is 2.31. The Hall–Kier alpha value is -1.38. The fourth-order valence-electron chi connectivity index (χ4n) is 3.60. The van der Waals surface area contributed by atoms with E-state index < -0.39 is 0 Å². The van der Waals surface area contributed by atoms with E-state index in [1.54, 1.807) is 23.1 Å². The van der Waals surface area contributed by atoms with Gasteiger partial charge in [0.1, 0.15) is 10.7 Å². The molecule has 0 spiro atoms. The zero-order valence-electron chi connectivity index (χ0n) is 14.7. The fourth-order valence-corrected chi connectivity index (χ4v) is 5.68. The number of H-pyrrole nitrogens is 1. The number of hydrogen-bond donors (Lipinski definition) is 3. The molecule has 0 radical (unpaired) electrons. The number of thiophene rings is 1. The molecule has 0 aromatic carbocycles. The van der Waals surface area contributed by atoms with Crippen LogP contribution >= 0.6 is 23.1 Å². The Morgan fingerprint density at radius 1 is 1.42 bits per heavy atom. The van der Waals surface area contributed by atoms with Crippen molar-refractivity contribution in [2.45, 2.75) is 50.3 Å². The SMILES string of the molecule is NCC(NC(=O)CCSCc1nc2sc3c(c2c(=O)[nH]1)CCC3)C1CC1. The Balaban J connectivity index is 1.29. The third-order valence-electron chi connectivity index (χ3n) is 5.13. The van der Waals surface area contributed by atoms with Gasteiger partial charge in [-0.05, 0) is 43.6 Å². The number of fused-ring (bicyclic) bond motifs is 3. The molecule has 0 aliphatic heterocycles. The molecule has 0 saturated heterocycles. The van der Waals surface area contributed by atoms with Crippen molar-refractivity contribution < 1.29 is 4.79 Å². The number of aromatic amines is 1. The summed E-state index contributed by atoms with van der Waals surface area (Å²) >= 11 is 3.28. The maximum Gasteiger partial charge on any atom is 0.259 e. The first-order valence-electron chi connectivity index (χ1n) is 9.26. The summed E-state index contributed by atoms with van der Waals surface area (Å²) in [6.07, 6.45) is 6.01. The second-order valence-corrected chi connectivity index (χ2v) is 9.29. The summed E-state index contributed by atoms with van der Waals surface area (Å²) in [7, 11) is 0. The number of nitrogens with zero attached hydrogens (tertiary/aromatic N) is 1. The summed E-state index contributed by atoms with van der Waals surface area (Å²) in [6.45, 7) is 0.513. The number of hydrogen-bond acceptors (Lipinski definition) is 6. The van der Waals surface area contributed by atoms with Crippen LogP contribution < -0.4 is 16.6 Å². The number of rotatable bonds is 8. The third kappa shape index (κ3) is 3.82. The zero-order valence-corrected chi connectivity index (χ0v) is 16.3. The van der Waals surface area contributed by atoms with Crippen molar-refractivity contribution >= 4 is 39.2 Å². The Bertz CT molecular complexity index is 872. The van der Waals surface area contributed by atoms with Crippen molar-refractivity contribution in [3.05, 3.63) is 26.6 Å². The Labute approximate surface area is 160 Å². The number of carbonyl (C=O) groups excluding carboxylic acids is 1. The zero-order chi connectivity index (χ0) is 18.1. The van der Waals surface area contributed by atoms with Gasteiger partial charge < -0.3 is 16.0 Å². The first-order valence-corrected chi connectivity index (χ1v) is 11.2. The molecule has 26 heavy (non-hydrogen) atoms. The molecule has 0 bridgehead atoms. The number of nitrogens with one attached hydrogen (secondary N) is 2. The molecule has 140 valence electrons. The number of nitrogens with two attached hydrogens (primary N) is 1. The van der Waals surface area contributed by atoms with Gasteiger partial charge in [0.25, 0.3) is 5.56 Å². The minimum atomic E-state index is -0.0158. The van der Waals surface area contributed by atoms with Crippen LogP contribution in [0.3, 0.4) is 0 Å². The molecule has 2 heterocycles. The van der Waals surface area contributed by atoms with Gasteiger partial charge in [-0.25, -0.2) is 4.98 Å². The standard InChI is InChI=1S/C18H24N4O2S2/c19-8-12(10-4-5-10)20-15(23)6-7-25-9-14-21-17(24)16-11-2-1-3-13(11)26-18(16)22-14/h10,12H,1-9,19H2,(H,20,23)(H,21,22,24). The van der Waals surface area contributed by atoms with Crippen LogP contribution in [0.1, 0.15) is 41.9 Å². The van der Waals surface area contributed by atoms with E-state index in [4.69, 9.17) is 5.73 Å². The molecule has 2 aliphatic rings. The highest BCUT2D eigenvalue weighted by atomic mass is 32.2. The van der Waals surface area contributed by atoms with Crippen LogP contribution in [0.4, 0.5) is 0 Å². The number of aromatic nitrogens is 2. The average Bonchev–Trinajstić information content (AvgIpc) is 3.26. The van der Waals surface area contributed by atoms with Gasteiger partial charge in [-0.15, -0.1) is 11.3 Å². The number of thioether (sulfide) groups is 1. The highest BCUT2D eigenvalue weighted by Crippen LogP contribution is 2.34. The summed E-state index contributed by atoms with van der Waals surface area (Å²) in [5.74, 6) is 2.66. The largest absolute Gasteiger partial charge is 0.352 e. The Morgan fingerprint density at radius 2 is 2.27 bits per heavy atom. The van der Waals surface area contributed by atoms with Crippen molar-refractivity contribution in [3.63, 3.8) is 0 Å². The average molecular weight is 393 g/mol. The van der Waals surface area contributed by atoms with E-state index in [9.17, 15) is 9.59 Å². The number of carbonyl (C=O) groups is 1. The molecular weight excluding hydrogens is 368 g/mol. The van der Waals surface area contributed by atoms with Gasteiger partial charge in [-0.1, -0.05) is 0 Å². The quantitative estimate of drug-likeness (QED) is 0.596. The predicted molar refractivity (Wildman–Crippen MR) is 107 cm³/mol. The molecule has 4 N–H and O–H groups in total. The normalized spacial score (nSPS) is 17.4. The molecular formula is C18H24N4O2S2. The van der Waals surface area contributed by atoms with E-state index in [-0.39, 0.29) is 17.5 Å². The first-order chi connectivity index (χ1) is 12.7. The van der Waals surface area contributed by atoms with E-state index in [0.717, 1.165) is 29.5 Å². The van der Waals surface area contributed by atoms with Gasteiger partial charge in [-0.2, -0.15) is 11.8 Å². The minimum Gasteiger partial charge on any atom is -0.352 e. The summed E-state index contributed by atoms with van der Waals surface area (Å²) in [5.41, 5.74) is 6.91. The molecule has 1 amide bonds. The van der Waals surface area contributed by atoms with E-state index in [2.05, 4.69) is 15.3 Å². The molecule has 1 atom stereocenters. The molecule has 8 heteroatoms. The van der Waals surface area contributed by atoms with Crippen LogP contribution in [0.15, 0.2) is 4.79 Å². The predicted octanol–water partition coefficient (Wildman–Crippen LogP) is 1.95. The topological polar surface area (TPSA) is 101 Å². The first kappa shape index (κ1) is 18.0. The van der Waals surface area contributed by atoms with Gasteiger partial charge in [0, 0.05) is 29.6 Å². The molecule has 6 nitrogen and oxygen atoms in total. The summed E-state index contributed by atoms with van der Waals surface area (Å²) in [5, 5.41) is 3.83. The van der Waals surface area contributed by atoms with E-state index in [0.29, 0.717) is 36.2 Å². The Morgan fingerprint density at radius 3 is 3.04 bits per heavy atom. The summed E-state index contributed by atoms with van der Waals surface area (Å²) in [6, 6.07) is 0.133. The van der Waals surface area contributed by atoms with Crippen molar-refractivity contribution in [2.75, 3.05) is 12.3 Å². The molecule has 1 fully saturated rings. The van der Waals surface area contributed by atoms with Crippen LogP contribution in [0.5, 0.6) is 0 Å². The lowest BCUT2D eigenvalue weighted by molar-refractivity contribution is -0.121. The van der Waals surface area contributed by atoms with Crippen molar-refractivity contribution in [3.8, 4) is 0 Å². The van der Waals surface area contributed by atoms with Gasteiger partial charge in [0.15, 0.2) is 0 Å². The van der Waals surface area contributed by atoms with Crippen molar-refractivity contribution in [1.29, 1.82) is 0 Å². The summed E-state index contributed by atoms with van der Waals surface area (Å²) < 4.78 is 0. The number of amides is 1. The van der Waals surface area contributed by atoms with E-state index >= 15 is 0 Å². The Kier molecular flexibility index (Phi) is 5.33. The van der Waals surface area contributed by atoms with Gasteiger partial charge >= 0.3 is 0 Å². The van der Waals surface area contributed by atoms with Gasteiger partial charge in [0.05, 0.1) is 11.1 Å². The second kappa shape index (κ2) is 7.70. The molecule has 2 aromatic rings. The monoisotopic (exact) mass is 392 g/mol. The summed E-state index contributed by atoms with van der Waals surface area (Å²) in [4.78, 5) is 34.2. The maximum atomic E-state index is 12.4. The second-order valence-electron chi connectivity index (χ2n) is 7.10. The maximum absolute atomic E-state index is 12.4. The van der Waals surface area contributed by atoms with Crippen LogP contribution in [0.25, 0.3) is 10.2 Å². The molecule has 1 saturated carbocycles. The molecule has 2 aliphatic carbocycles. The van der Waals surface area contributed by atoms with Crippen LogP contribution in [0, 0.1) is 5.92 Å². The van der Waals surface area contributed by atoms with E-state index in [1.807, 2.05) is 0 Å². The van der Waals surface area contributed by atoms with Crippen molar-refractivity contribution in [1.82, 2.24) is 15.3 Å². The van der Waals surface area contributed by atoms with Crippen LogP contribution in [-0.2, 0) is 23.4 Å². The third-order valence-corrected chi connectivity index (χ3v) is 7.28. The lowest BCUT2D eigenvalue weighted by atomic mass is 10.2. The van der Waals surface area contributed by atoms with Gasteiger partial charge in [0.2, 0.25) is 5.91 Å². The molecule has 2 aromatic heterocycles. The lowest BCUT2D eigenvalue weighted by Crippen LogP contribution is -2.41. The van der Waals surface area contributed by atoms with Crippen molar-refractivity contribution in [2.24, 2.45) is 11.7 Å². The minimum absolute atomic E-state index is 0.0158. The number of aryl methyl sites for hydroxylation is 2. The highest BCUT2D eigenvalue weighted by molar-refractivity contribution is 7.98. The molecule has 1 unspecified atom stereocenters. The lowest BCUT2D eigenvalue weighted by Gasteiger charge is -2.15.